The van der Waals surface area contributed by atoms with E-state index in [0.717, 1.165) is 12.1 Å². The van der Waals surface area contributed by atoms with Crippen molar-refractivity contribution in [2.24, 2.45) is 0 Å². The zero-order valence-electron chi connectivity index (χ0n) is 10.0. The number of benzene rings is 1. The minimum atomic E-state index is -3.97. The first-order valence-corrected chi connectivity index (χ1v) is 8.35. The number of anilines is 1. The number of rotatable bonds is 3. The Morgan fingerprint density at radius 3 is 2.10 bits per heavy atom. The van der Waals surface area contributed by atoms with Crippen molar-refractivity contribution in [3.05, 3.63) is 46.5 Å². The van der Waals surface area contributed by atoms with E-state index in [-0.39, 0.29) is 26.2 Å². The summed E-state index contributed by atoms with van der Waals surface area (Å²) in [5.74, 6) is -0.541. The average molecular weight is 367 g/mol. The number of hydrogen-bond acceptors (Lipinski definition) is 5. The van der Waals surface area contributed by atoms with Crippen molar-refractivity contribution < 1.29 is 13.2 Å². The molecule has 0 aliphatic heterocycles. The van der Waals surface area contributed by atoms with Gasteiger partial charge in [0.1, 0.15) is 6.33 Å². The second-order valence-electron chi connectivity index (χ2n) is 3.78. The second-order valence-corrected chi connectivity index (χ2v) is 7.16. The van der Waals surface area contributed by atoms with Crippen LogP contribution in [0.15, 0.2) is 35.7 Å². The van der Waals surface area contributed by atoms with E-state index in [4.69, 9.17) is 33.9 Å². The van der Waals surface area contributed by atoms with E-state index in [1.165, 1.54) is 18.7 Å². The van der Waals surface area contributed by atoms with Crippen molar-refractivity contribution in [2.45, 2.75) is 4.90 Å². The molecule has 1 N–H and O–H groups in total. The smallest absolute Gasteiger partial charge is 0.261 e. The molecule has 0 spiro atoms. The Morgan fingerprint density at radius 2 is 1.62 bits per heavy atom. The van der Waals surface area contributed by atoms with Gasteiger partial charge < -0.3 is 5.32 Å². The third-order valence-corrected chi connectivity index (χ3v) is 4.29. The van der Waals surface area contributed by atoms with E-state index in [9.17, 15) is 13.2 Å². The zero-order valence-corrected chi connectivity index (χ0v) is 13.1. The van der Waals surface area contributed by atoms with Crippen LogP contribution in [0.3, 0.4) is 0 Å². The molecule has 10 heteroatoms. The fraction of sp³-hybridized carbons (Fsp3) is 0. The van der Waals surface area contributed by atoms with E-state index < -0.39 is 15.0 Å². The van der Waals surface area contributed by atoms with Crippen molar-refractivity contribution in [1.29, 1.82) is 0 Å². The Hall–Kier alpha value is -1.41. The number of aromatic nitrogens is 2. The molecule has 0 radical (unpaired) electrons. The first-order valence-electron chi connectivity index (χ1n) is 5.29. The number of nitrogens with one attached hydrogen (secondary N) is 1. The molecule has 1 aromatic carbocycles. The molecule has 0 atom stereocenters. The number of carbonyl (C=O) groups is 1. The maximum absolute atomic E-state index is 11.9. The Balaban J connectivity index is 2.36. The van der Waals surface area contributed by atoms with Gasteiger partial charge >= 0.3 is 0 Å². The zero-order chi connectivity index (χ0) is 15.6. The van der Waals surface area contributed by atoms with Gasteiger partial charge in [-0.05, 0) is 12.1 Å². The van der Waals surface area contributed by atoms with E-state index in [2.05, 4.69) is 15.3 Å². The molecule has 1 heterocycles. The number of carbonyl (C=O) groups excluding carboxylic acids is 1. The fourth-order valence-electron chi connectivity index (χ4n) is 1.41. The summed E-state index contributed by atoms with van der Waals surface area (Å²) in [4.78, 5) is 19.1. The van der Waals surface area contributed by atoms with Gasteiger partial charge in [-0.3, -0.25) is 4.79 Å². The van der Waals surface area contributed by atoms with Crippen LogP contribution in [0.2, 0.25) is 10.0 Å². The lowest BCUT2D eigenvalue weighted by molar-refractivity contribution is 0.102. The van der Waals surface area contributed by atoms with Crippen LogP contribution in [0.4, 0.5) is 5.69 Å². The highest BCUT2D eigenvalue weighted by molar-refractivity contribution is 8.13. The lowest BCUT2D eigenvalue weighted by Crippen LogP contribution is -2.13. The monoisotopic (exact) mass is 365 g/mol. The van der Waals surface area contributed by atoms with Gasteiger partial charge in [-0.2, -0.15) is 0 Å². The van der Waals surface area contributed by atoms with Crippen LogP contribution < -0.4 is 5.32 Å². The molecule has 0 saturated carbocycles. The molecule has 0 aliphatic rings. The highest BCUT2D eigenvalue weighted by Crippen LogP contribution is 2.34. The predicted molar refractivity (Wildman–Crippen MR) is 79.5 cm³/mol. The molecule has 0 saturated heterocycles. The summed E-state index contributed by atoms with van der Waals surface area (Å²) in [5.41, 5.74) is 0.259. The third kappa shape index (κ3) is 3.82. The van der Waals surface area contributed by atoms with E-state index >= 15 is 0 Å². The van der Waals surface area contributed by atoms with Crippen molar-refractivity contribution in [2.75, 3.05) is 5.32 Å². The molecule has 2 aromatic rings. The molecule has 1 aromatic heterocycles. The van der Waals surface area contributed by atoms with E-state index in [1.807, 2.05) is 0 Å². The second kappa shape index (κ2) is 6.15. The summed E-state index contributed by atoms with van der Waals surface area (Å²) in [6.45, 7) is 0. The summed E-state index contributed by atoms with van der Waals surface area (Å²) in [5, 5.41) is 2.33. The third-order valence-electron chi connectivity index (χ3n) is 2.36. The standard InChI is InChI=1S/C11H6Cl3N3O3S/c12-8-1-7(21(14,19)20)2-9(13)10(8)17-11(18)6-3-15-5-16-4-6/h1-5H,(H,17,18). The molecule has 1 amide bonds. The van der Waals surface area contributed by atoms with Gasteiger partial charge in [0.25, 0.3) is 15.0 Å². The highest BCUT2D eigenvalue weighted by atomic mass is 35.7. The Kier molecular flexibility index (Phi) is 4.67. The summed E-state index contributed by atoms with van der Waals surface area (Å²) in [6, 6.07) is 2.18. The molecule has 0 unspecified atom stereocenters. The lowest BCUT2D eigenvalue weighted by atomic mass is 10.2. The van der Waals surface area contributed by atoms with Gasteiger partial charge in [-0.1, -0.05) is 23.2 Å². The summed E-state index contributed by atoms with van der Waals surface area (Å²) in [6.07, 6.45) is 3.89. The molecule has 0 fully saturated rings. The lowest BCUT2D eigenvalue weighted by Gasteiger charge is -2.10. The summed E-state index contributed by atoms with van der Waals surface area (Å²) in [7, 11) is 1.23. The van der Waals surface area contributed by atoms with Gasteiger partial charge in [0.05, 0.1) is 26.2 Å². The molecule has 6 nitrogen and oxygen atoms in total. The fourth-order valence-corrected chi connectivity index (χ4v) is 2.91. The Bertz CT molecular complexity index is 774. The molecule has 0 bridgehead atoms. The first kappa shape index (κ1) is 16.0. The number of halogens is 3. The summed E-state index contributed by atoms with van der Waals surface area (Å²) >= 11 is 11.8. The van der Waals surface area contributed by atoms with E-state index in [0.29, 0.717) is 0 Å². The average Bonchev–Trinajstić information content (AvgIpc) is 2.42. The van der Waals surface area contributed by atoms with Crippen molar-refractivity contribution in [3.63, 3.8) is 0 Å². The molecule has 2 rings (SSSR count). The van der Waals surface area contributed by atoms with Crippen molar-refractivity contribution in [3.8, 4) is 0 Å². The molecule has 21 heavy (non-hydrogen) atoms. The normalized spacial score (nSPS) is 11.2. The molecule has 110 valence electrons. The van der Waals surface area contributed by atoms with Crippen molar-refractivity contribution in [1.82, 2.24) is 9.97 Å². The van der Waals surface area contributed by atoms with Crippen LogP contribution in [0.5, 0.6) is 0 Å². The quantitative estimate of drug-likeness (QED) is 0.844. The predicted octanol–water partition coefficient (Wildman–Crippen LogP) is 2.96. The number of nitrogens with zero attached hydrogens (tertiary/aromatic N) is 2. The van der Waals surface area contributed by atoms with Crippen LogP contribution in [-0.4, -0.2) is 24.3 Å². The van der Waals surface area contributed by atoms with Gasteiger partial charge in [0.15, 0.2) is 0 Å². The Labute approximate surface area is 134 Å². The SMILES string of the molecule is O=C(Nc1c(Cl)cc(S(=O)(=O)Cl)cc1Cl)c1cncnc1. The minimum Gasteiger partial charge on any atom is -0.319 e. The Morgan fingerprint density at radius 1 is 1.10 bits per heavy atom. The van der Waals surface area contributed by atoms with Crippen LogP contribution in [0, 0.1) is 0 Å². The van der Waals surface area contributed by atoms with Crippen LogP contribution in [-0.2, 0) is 9.05 Å². The van der Waals surface area contributed by atoms with E-state index in [1.54, 1.807) is 0 Å². The highest BCUT2D eigenvalue weighted by Gasteiger charge is 2.18. The number of amides is 1. The van der Waals surface area contributed by atoms with Gasteiger partial charge in [-0.25, -0.2) is 18.4 Å². The topological polar surface area (TPSA) is 89.0 Å². The van der Waals surface area contributed by atoms with Crippen molar-refractivity contribution >= 4 is 54.5 Å². The van der Waals surface area contributed by atoms with Crippen LogP contribution in [0.25, 0.3) is 0 Å². The van der Waals surface area contributed by atoms with Crippen LogP contribution in [0.1, 0.15) is 10.4 Å². The van der Waals surface area contributed by atoms with Crippen LogP contribution >= 0.6 is 33.9 Å². The van der Waals surface area contributed by atoms with Gasteiger partial charge in [-0.15, -0.1) is 0 Å². The number of hydrogen-bond donors (Lipinski definition) is 1. The largest absolute Gasteiger partial charge is 0.319 e. The molecule has 0 aliphatic carbocycles. The molecular weight excluding hydrogens is 361 g/mol. The molecular formula is C11H6Cl3N3O3S. The first-order chi connectivity index (χ1) is 9.79. The van der Waals surface area contributed by atoms with Gasteiger partial charge in [0, 0.05) is 23.1 Å². The maximum atomic E-state index is 11.9. The summed E-state index contributed by atoms with van der Waals surface area (Å²) < 4.78 is 22.5. The maximum Gasteiger partial charge on any atom is 0.261 e. The van der Waals surface area contributed by atoms with Gasteiger partial charge in [0.2, 0.25) is 0 Å². The minimum absolute atomic E-state index is 0.0630.